The minimum atomic E-state index is -0.895. The van der Waals surface area contributed by atoms with Gasteiger partial charge in [0.15, 0.2) is 11.6 Å². The number of methoxy groups -OCH3 is 1. The Balaban J connectivity index is 1.39. The Hall–Kier alpha value is -2.73. The van der Waals surface area contributed by atoms with Crippen LogP contribution in [0.3, 0.4) is 0 Å². The van der Waals surface area contributed by atoms with Gasteiger partial charge >= 0.3 is 0 Å². The molecule has 0 aliphatic carbocycles. The molecule has 1 heterocycles. The van der Waals surface area contributed by atoms with Crippen LogP contribution in [-0.2, 0) is 11.3 Å². The zero-order chi connectivity index (χ0) is 22.1. The predicted molar refractivity (Wildman–Crippen MR) is 119 cm³/mol. The summed E-state index contributed by atoms with van der Waals surface area (Å²) in [6.07, 6.45) is 7.78. The molecule has 0 aromatic heterocycles. The number of halogens is 2. The number of ether oxygens (including phenoxy) is 1. The SMILES string of the molecule is COc1ccccc1/C=C/CN1CCC[C@H](CCC(=O)NCc2ccc(F)c(F)c2)C1. The number of piperidine rings is 1. The van der Waals surface area contributed by atoms with Crippen LogP contribution in [0.15, 0.2) is 48.5 Å². The smallest absolute Gasteiger partial charge is 0.220 e. The number of nitrogens with zero attached hydrogens (tertiary/aromatic N) is 1. The molecule has 1 aliphatic rings. The van der Waals surface area contributed by atoms with Crippen molar-refractivity contribution in [1.82, 2.24) is 10.2 Å². The van der Waals surface area contributed by atoms with Crippen molar-refractivity contribution in [3.8, 4) is 5.75 Å². The highest BCUT2D eigenvalue weighted by atomic mass is 19.2. The van der Waals surface area contributed by atoms with Crippen LogP contribution in [0.4, 0.5) is 8.78 Å². The third kappa shape index (κ3) is 7.17. The Morgan fingerprint density at radius 3 is 2.87 bits per heavy atom. The molecule has 0 spiro atoms. The van der Waals surface area contributed by atoms with Gasteiger partial charge in [0.2, 0.25) is 5.91 Å². The molecule has 1 fully saturated rings. The second-order valence-corrected chi connectivity index (χ2v) is 7.98. The Morgan fingerprint density at radius 2 is 2.06 bits per heavy atom. The van der Waals surface area contributed by atoms with Crippen LogP contribution >= 0.6 is 0 Å². The fourth-order valence-corrected chi connectivity index (χ4v) is 3.96. The summed E-state index contributed by atoms with van der Waals surface area (Å²) < 4.78 is 31.6. The van der Waals surface area contributed by atoms with Gasteiger partial charge in [0.25, 0.3) is 0 Å². The van der Waals surface area contributed by atoms with E-state index in [1.807, 2.05) is 24.3 Å². The van der Waals surface area contributed by atoms with Crippen molar-refractivity contribution in [1.29, 1.82) is 0 Å². The van der Waals surface area contributed by atoms with Gasteiger partial charge in [0.05, 0.1) is 7.11 Å². The molecule has 1 atom stereocenters. The number of likely N-dealkylation sites (tertiary alicyclic amines) is 1. The molecule has 166 valence electrons. The molecule has 0 unspecified atom stereocenters. The number of rotatable bonds is 9. The molecular formula is C25H30F2N2O2. The first-order chi connectivity index (χ1) is 15.0. The first-order valence-corrected chi connectivity index (χ1v) is 10.8. The highest BCUT2D eigenvalue weighted by Crippen LogP contribution is 2.22. The second-order valence-electron chi connectivity index (χ2n) is 7.98. The fraction of sp³-hybridized carbons (Fsp3) is 0.400. The monoisotopic (exact) mass is 428 g/mol. The summed E-state index contributed by atoms with van der Waals surface area (Å²) in [4.78, 5) is 14.6. The lowest BCUT2D eigenvalue weighted by Crippen LogP contribution is -2.36. The van der Waals surface area contributed by atoms with Crippen LogP contribution in [0.1, 0.15) is 36.8 Å². The first-order valence-electron chi connectivity index (χ1n) is 10.8. The number of amides is 1. The van der Waals surface area contributed by atoms with Gasteiger partial charge in [-0.15, -0.1) is 0 Å². The van der Waals surface area contributed by atoms with E-state index in [9.17, 15) is 13.6 Å². The number of carbonyl (C=O) groups excluding carboxylic acids is 1. The maximum Gasteiger partial charge on any atom is 0.220 e. The van der Waals surface area contributed by atoms with Crippen LogP contribution in [0.25, 0.3) is 6.08 Å². The van der Waals surface area contributed by atoms with Gasteiger partial charge in [-0.1, -0.05) is 36.4 Å². The molecule has 0 bridgehead atoms. The van der Waals surface area contributed by atoms with Gasteiger partial charge in [0, 0.05) is 31.6 Å². The fourth-order valence-electron chi connectivity index (χ4n) is 3.96. The number of carbonyl (C=O) groups is 1. The summed E-state index contributed by atoms with van der Waals surface area (Å²) in [7, 11) is 1.68. The number of nitrogens with one attached hydrogen (secondary N) is 1. The average Bonchev–Trinajstić information content (AvgIpc) is 2.79. The normalized spacial score (nSPS) is 17.1. The maximum atomic E-state index is 13.3. The third-order valence-corrected chi connectivity index (χ3v) is 5.66. The number of hydrogen-bond donors (Lipinski definition) is 1. The summed E-state index contributed by atoms with van der Waals surface area (Å²) in [5.41, 5.74) is 1.62. The zero-order valence-corrected chi connectivity index (χ0v) is 17.9. The highest BCUT2D eigenvalue weighted by molar-refractivity contribution is 5.75. The third-order valence-electron chi connectivity index (χ3n) is 5.66. The largest absolute Gasteiger partial charge is 0.496 e. The van der Waals surface area contributed by atoms with Crippen molar-refractivity contribution >= 4 is 12.0 Å². The van der Waals surface area contributed by atoms with Gasteiger partial charge in [-0.3, -0.25) is 9.69 Å². The van der Waals surface area contributed by atoms with E-state index in [2.05, 4.69) is 22.4 Å². The molecule has 1 N–H and O–H groups in total. The van der Waals surface area contributed by atoms with Gasteiger partial charge < -0.3 is 10.1 Å². The molecule has 4 nitrogen and oxygen atoms in total. The molecule has 2 aromatic carbocycles. The molecule has 2 aromatic rings. The van der Waals surface area contributed by atoms with Crippen molar-refractivity contribution in [3.63, 3.8) is 0 Å². The Kier molecular flexibility index (Phi) is 8.59. The lowest BCUT2D eigenvalue weighted by molar-refractivity contribution is -0.121. The van der Waals surface area contributed by atoms with Crippen LogP contribution in [-0.4, -0.2) is 37.6 Å². The molecular weight excluding hydrogens is 398 g/mol. The molecule has 0 radical (unpaired) electrons. The van der Waals surface area contributed by atoms with Crippen LogP contribution < -0.4 is 10.1 Å². The summed E-state index contributed by atoms with van der Waals surface area (Å²) in [6.45, 7) is 3.12. The minimum Gasteiger partial charge on any atom is -0.496 e. The molecule has 31 heavy (non-hydrogen) atoms. The summed E-state index contributed by atoms with van der Waals surface area (Å²) in [5.74, 6) is -0.478. The topological polar surface area (TPSA) is 41.6 Å². The van der Waals surface area contributed by atoms with Crippen molar-refractivity contribution in [3.05, 3.63) is 71.3 Å². The predicted octanol–water partition coefficient (Wildman–Crippen LogP) is 4.80. The number of para-hydroxylation sites is 1. The van der Waals surface area contributed by atoms with E-state index in [-0.39, 0.29) is 12.5 Å². The Bertz CT molecular complexity index is 901. The highest BCUT2D eigenvalue weighted by Gasteiger charge is 2.19. The number of hydrogen-bond acceptors (Lipinski definition) is 3. The molecule has 1 amide bonds. The van der Waals surface area contributed by atoms with Gasteiger partial charge in [0.1, 0.15) is 5.75 Å². The van der Waals surface area contributed by atoms with E-state index < -0.39 is 11.6 Å². The summed E-state index contributed by atoms with van der Waals surface area (Å²) >= 11 is 0. The Labute approximate surface area is 182 Å². The van der Waals surface area contributed by atoms with E-state index in [1.54, 1.807) is 7.11 Å². The summed E-state index contributed by atoms with van der Waals surface area (Å²) in [5, 5.41) is 2.80. The second kappa shape index (κ2) is 11.6. The molecule has 6 heteroatoms. The van der Waals surface area contributed by atoms with Crippen molar-refractivity contribution in [2.45, 2.75) is 32.2 Å². The quantitative estimate of drug-likeness (QED) is 0.624. The molecule has 1 aliphatic heterocycles. The van der Waals surface area contributed by atoms with E-state index in [1.165, 1.54) is 6.07 Å². The first kappa shape index (κ1) is 22.9. The maximum absolute atomic E-state index is 13.3. The lowest BCUT2D eigenvalue weighted by Gasteiger charge is -2.31. The van der Waals surface area contributed by atoms with Crippen LogP contribution in [0.2, 0.25) is 0 Å². The minimum absolute atomic E-state index is 0.0575. The zero-order valence-electron chi connectivity index (χ0n) is 17.9. The summed E-state index contributed by atoms with van der Waals surface area (Å²) in [6, 6.07) is 11.6. The van der Waals surface area contributed by atoms with Gasteiger partial charge in [-0.2, -0.15) is 0 Å². The van der Waals surface area contributed by atoms with Crippen LogP contribution in [0, 0.1) is 17.6 Å². The van der Waals surface area contributed by atoms with E-state index in [0.717, 1.165) is 62.3 Å². The molecule has 3 rings (SSSR count). The Morgan fingerprint density at radius 1 is 1.23 bits per heavy atom. The standard InChI is InChI=1S/C25H30F2N2O2/c1-31-24-9-3-2-7-21(24)8-5-15-29-14-4-6-19(18-29)11-13-25(30)28-17-20-10-12-22(26)23(27)16-20/h2-3,5,7-10,12,16,19H,4,6,11,13-15,17-18H2,1H3,(H,28,30)/b8-5+/t19-/m1/s1. The van der Waals surface area contributed by atoms with E-state index in [0.29, 0.717) is 17.9 Å². The van der Waals surface area contributed by atoms with E-state index >= 15 is 0 Å². The molecule has 1 saturated heterocycles. The van der Waals surface area contributed by atoms with Gasteiger partial charge in [-0.25, -0.2) is 8.78 Å². The van der Waals surface area contributed by atoms with Crippen molar-refractivity contribution in [2.24, 2.45) is 5.92 Å². The average molecular weight is 429 g/mol. The van der Waals surface area contributed by atoms with Gasteiger partial charge in [-0.05, 0) is 55.5 Å². The van der Waals surface area contributed by atoms with Crippen molar-refractivity contribution < 1.29 is 18.3 Å². The van der Waals surface area contributed by atoms with Crippen molar-refractivity contribution in [2.75, 3.05) is 26.7 Å². The lowest BCUT2D eigenvalue weighted by atomic mass is 9.93. The number of benzene rings is 2. The molecule has 0 saturated carbocycles. The van der Waals surface area contributed by atoms with E-state index in [4.69, 9.17) is 4.74 Å². The van der Waals surface area contributed by atoms with Crippen LogP contribution in [0.5, 0.6) is 5.75 Å².